The number of hydrogen-bond donors (Lipinski definition) is 3. The van der Waals surface area contributed by atoms with Crippen LogP contribution in [0, 0.1) is 6.92 Å². The first-order valence-electron chi connectivity index (χ1n) is 6.87. The molecule has 0 saturated heterocycles. The Balaban J connectivity index is 1.86. The summed E-state index contributed by atoms with van der Waals surface area (Å²) >= 11 is 0. The van der Waals surface area contributed by atoms with Gasteiger partial charge in [0.2, 0.25) is 5.95 Å². The number of aromatic amines is 1. The minimum atomic E-state index is 0.578. The minimum Gasteiger partial charge on any atom is -0.364 e. The summed E-state index contributed by atoms with van der Waals surface area (Å²) < 4.78 is 0. The number of anilines is 2. The van der Waals surface area contributed by atoms with Crippen molar-refractivity contribution in [3.8, 4) is 0 Å². The van der Waals surface area contributed by atoms with Crippen molar-refractivity contribution in [3.63, 3.8) is 0 Å². The van der Waals surface area contributed by atoms with E-state index >= 15 is 0 Å². The first-order chi connectivity index (χ1) is 10.3. The second kappa shape index (κ2) is 5.74. The number of aromatic nitrogens is 5. The Morgan fingerprint density at radius 1 is 1.14 bits per heavy atom. The molecule has 7 heteroatoms. The van der Waals surface area contributed by atoms with Crippen LogP contribution >= 0.6 is 0 Å². The second-order valence-electron chi connectivity index (χ2n) is 4.68. The van der Waals surface area contributed by atoms with E-state index in [0.29, 0.717) is 18.1 Å². The van der Waals surface area contributed by atoms with Crippen LogP contribution < -0.4 is 10.6 Å². The number of nitrogens with one attached hydrogen (secondary N) is 3. The van der Waals surface area contributed by atoms with Crippen LogP contribution in [0.25, 0.3) is 11.0 Å². The van der Waals surface area contributed by atoms with E-state index in [9.17, 15) is 0 Å². The molecule has 3 aromatic rings. The Labute approximate surface area is 122 Å². The molecule has 3 rings (SSSR count). The van der Waals surface area contributed by atoms with Gasteiger partial charge in [0.15, 0.2) is 5.65 Å². The monoisotopic (exact) mass is 283 g/mol. The SMILES string of the molecule is CCNc1nc(NCc2cccc(C)n2)c2cn[nH]c2n1. The highest BCUT2D eigenvalue weighted by molar-refractivity contribution is 5.86. The van der Waals surface area contributed by atoms with E-state index in [4.69, 9.17) is 0 Å². The number of aryl methyl sites for hydroxylation is 1. The predicted molar refractivity (Wildman–Crippen MR) is 82.1 cm³/mol. The molecule has 0 radical (unpaired) electrons. The normalized spacial score (nSPS) is 10.8. The smallest absolute Gasteiger partial charge is 0.226 e. The molecule has 0 fully saturated rings. The molecule has 0 aliphatic carbocycles. The lowest BCUT2D eigenvalue weighted by Gasteiger charge is -2.09. The van der Waals surface area contributed by atoms with E-state index in [1.54, 1.807) is 6.20 Å². The quantitative estimate of drug-likeness (QED) is 0.664. The van der Waals surface area contributed by atoms with Gasteiger partial charge >= 0.3 is 0 Å². The molecule has 108 valence electrons. The van der Waals surface area contributed by atoms with Gasteiger partial charge in [0.25, 0.3) is 0 Å². The number of rotatable bonds is 5. The zero-order valence-corrected chi connectivity index (χ0v) is 12.0. The maximum atomic E-state index is 4.48. The van der Waals surface area contributed by atoms with Gasteiger partial charge in [0.05, 0.1) is 23.8 Å². The van der Waals surface area contributed by atoms with Crippen molar-refractivity contribution < 1.29 is 0 Å². The highest BCUT2D eigenvalue weighted by Gasteiger charge is 2.09. The summed E-state index contributed by atoms with van der Waals surface area (Å²) in [5.41, 5.74) is 2.68. The molecule has 7 nitrogen and oxygen atoms in total. The molecule has 0 amide bonds. The molecule has 0 unspecified atom stereocenters. The maximum absolute atomic E-state index is 4.48. The third-order valence-electron chi connectivity index (χ3n) is 3.03. The van der Waals surface area contributed by atoms with Crippen LogP contribution in [0.15, 0.2) is 24.4 Å². The van der Waals surface area contributed by atoms with Crippen LogP contribution in [0.2, 0.25) is 0 Å². The summed E-state index contributed by atoms with van der Waals surface area (Å²) in [7, 11) is 0. The summed E-state index contributed by atoms with van der Waals surface area (Å²) in [4.78, 5) is 13.3. The Bertz CT molecular complexity index is 750. The first-order valence-corrected chi connectivity index (χ1v) is 6.87. The molecule has 0 atom stereocenters. The molecule has 0 aromatic carbocycles. The summed E-state index contributed by atoms with van der Waals surface area (Å²) in [5.74, 6) is 1.32. The van der Waals surface area contributed by atoms with Crippen molar-refractivity contribution in [1.29, 1.82) is 0 Å². The predicted octanol–water partition coefficient (Wildman–Crippen LogP) is 2.10. The average Bonchev–Trinajstić information content (AvgIpc) is 2.93. The van der Waals surface area contributed by atoms with E-state index < -0.39 is 0 Å². The molecule has 0 spiro atoms. The van der Waals surface area contributed by atoms with Crippen LogP contribution in [0.5, 0.6) is 0 Å². The van der Waals surface area contributed by atoms with Gasteiger partial charge in [-0.25, -0.2) is 0 Å². The topological polar surface area (TPSA) is 91.4 Å². The van der Waals surface area contributed by atoms with Gasteiger partial charge in [-0.05, 0) is 26.0 Å². The van der Waals surface area contributed by atoms with Crippen LogP contribution in [0.3, 0.4) is 0 Å². The Hall–Kier alpha value is -2.70. The molecule has 21 heavy (non-hydrogen) atoms. The lowest BCUT2D eigenvalue weighted by Crippen LogP contribution is -2.08. The van der Waals surface area contributed by atoms with E-state index in [-0.39, 0.29) is 0 Å². The highest BCUT2D eigenvalue weighted by atomic mass is 15.2. The van der Waals surface area contributed by atoms with Crippen molar-refractivity contribution in [2.75, 3.05) is 17.2 Å². The third kappa shape index (κ3) is 2.91. The van der Waals surface area contributed by atoms with Crippen LogP contribution in [-0.2, 0) is 6.54 Å². The van der Waals surface area contributed by atoms with Gasteiger partial charge in [0.1, 0.15) is 5.82 Å². The third-order valence-corrected chi connectivity index (χ3v) is 3.03. The molecule has 0 saturated carbocycles. The van der Waals surface area contributed by atoms with Gasteiger partial charge in [0, 0.05) is 12.2 Å². The number of fused-ring (bicyclic) bond motifs is 1. The Morgan fingerprint density at radius 3 is 2.86 bits per heavy atom. The molecule has 3 heterocycles. The number of hydrogen-bond acceptors (Lipinski definition) is 6. The summed E-state index contributed by atoms with van der Waals surface area (Å²) in [6, 6.07) is 5.96. The van der Waals surface area contributed by atoms with Crippen LogP contribution in [0.1, 0.15) is 18.3 Å². The fraction of sp³-hybridized carbons (Fsp3) is 0.286. The molecule has 0 aliphatic rings. The maximum Gasteiger partial charge on any atom is 0.226 e. The van der Waals surface area contributed by atoms with E-state index in [2.05, 4.69) is 35.8 Å². The largest absolute Gasteiger partial charge is 0.364 e. The summed E-state index contributed by atoms with van der Waals surface area (Å²) in [6.07, 6.45) is 1.72. The van der Waals surface area contributed by atoms with Crippen molar-refractivity contribution in [2.24, 2.45) is 0 Å². The molecular formula is C14H17N7. The average molecular weight is 283 g/mol. The highest BCUT2D eigenvalue weighted by Crippen LogP contribution is 2.20. The fourth-order valence-electron chi connectivity index (χ4n) is 2.08. The first kappa shape index (κ1) is 13.3. The zero-order valence-electron chi connectivity index (χ0n) is 12.0. The summed E-state index contributed by atoms with van der Waals surface area (Å²) in [5, 5.41) is 14.2. The van der Waals surface area contributed by atoms with E-state index in [1.807, 2.05) is 32.0 Å². The van der Waals surface area contributed by atoms with Gasteiger partial charge < -0.3 is 10.6 Å². The lowest BCUT2D eigenvalue weighted by molar-refractivity contribution is 1.000. The van der Waals surface area contributed by atoms with Gasteiger partial charge in [-0.3, -0.25) is 10.1 Å². The minimum absolute atomic E-state index is 0.578. The standard InChI is InChI=1S/C14H17N7/c1-3-15-14-19-12(11-8-17-21-13(11)20-14)16-7-10-6-4-5-9(2)18-10/h4-6,8H,3,7H2,1-2H3,(H3,15,16,17,19,20,21). The Kier molecular flexibility index (Phi) is 3.63. The molecule has 3 N–H and O–H groups in total. The van der Waals surface area contributed by atoms with Crippen molar-refractivity contribution in [1.82, 2.24) is 25.1 Å². The second-order valence-corrected chi connectivity index (χ2v) is 4.68. The molecular weight excluding hydrogens is 266 g/mol. The van der Waals surface area contributed by atoms with Crippen molar-refractivity contribution in [3.05, 3.63) is 35.8 Å². The van der Waals surface area contributed by atoms with Crippen molar-refractivity contribution >= 4 is 22.8 Å². The van der Waals surface area contributed by atoms with E-state index in [1.165, 1.54) is 0 Å². The summed E-state index contributed by atoms with van der Waals surface area (Å²) in [6.45, 7) is 5.35. The van der Waals surface area contributed by atoms with Gasteiger partial charge in [-0.2, -0.15) is 15.1 Å². The molecule has 0 aliphatic heterocycles. The van der Waals surface area contributed by atoms with Crippen molar-refractivity contribution in [2.45, 2.75) is 20.4 Å². The van der Waals surface area contributed by atoms with Crippen LogP contribution in [-0.4, -0.2) is 31.7 Å². The van der Waals surface area contributed by atoms with E-state index in [0.717, 1.165) is 29.1 Å². The zero-order chi connectivity index (χ0) is 14.7. The van der Waals surface area contributed by atoms with Gasteiger partial charge in [-0.15, -0.1) is 0 Å². The number of nitrogens with zero attached hydrogens (tertiary/aromatic N) is 4. The fourth-order valence-corrected chi connectivity index (χ4v) is 2.08. The Morgan fingerprint density at radius 2 is 2.05 bits per heavy atom. The number of H-pyrrole nitrogens is 1. The molecule has 0 bridgehead atoms. The van der Waals surface area contributed by atoms with Crippen LogP contribution in [0.4, 0.5) is 11.8 Å². The number of pyridine rings is 1. The lowest BCUT2D eigenvalue weighted by atomic mass is 10.3. The molecule has 3 aromatic heterocycles. The van der Waals surface area contributed by atoms with Gasteiger partial charge in [-0.1, -0.05) is 6.07 Å².